The van der Waals surface area contributed by atoms with Crippen LogP contribution in [0.5, 0.6) is 11.5 Å². The van der Waals surface area contributed by atoms with Crippen LogP contribution in [-0.4, -0.2) is 81.0 Å². The van der Waals surface area contributed by atoms with E-state index in [1.54, 1.807) is 65.6 Å². The smallest absolute Gasteiger partial charge is 0.422 e. The first-order chi connectivity index (χ1) is 25.2. The van der Waals surface area contributed by atoms with Gasteiger partial charge in [0.1, 0.15) is 27.8 Å². The molecule has 8 rings (SSSR count). The van der Waals surface area contributed by atoms with E-state index in [1.165, 1.54) is 46.1 Å². The molecule has 3 aliphatic rings. The van der Waals surface area contributed by atoms with Gasteiger partial charge in [-0.3, -0.25) is 24.2 Å². The zero-order valence-corrected chi connectivity index (χ0v) is 28.2. The Labute approximate surface area is 299 Å². The van der Waals surface area contributed by atoms with Gasteiger partial charge >= 0.3 is 6.18 Å². The number of ether oxygens (including phenoxy) is 1. The number of nitrogens with zero attached hydrogens (tertiary/aromatic N) is 6. The number of carbonyl (C=O) groups is 3. The first kappa shape index (κ1) is 33.5. The Morgan fingerprint density at radius 3 is 2.29 bits per heavy atom. The van der Waals surface area contributed by atoms with Gasteiger partial charge in [-0.1, -0.05) is 30.3 Å². The van der Waals surface area contributed by atoms with Crippen LogP contribution in [0.25, 0.3) is 10.6 Å². The number of para-hydroxylation sites is 1. The zero-order valence-electron chi connectivity index (χ0n) is 27.4. The maximum absolute atomic E-state index is 15.3. The Bertz CT molecular complexity index is 2130. The Kier molecular flexibility index (Phi) is 8.67. The molecular formula is C37H30F3N7O4S. The van der Waals surface area contributed by atoms with Crippen LogP contribution in [0.15, 0.2) is 90.6 Å². The number of fused-ring (bicyclic) bond motifs is 2. The monoisotopic (exact) mass is 725 g/mol. The summed E-state index contributed by atoms with van der Waals surface area (Å²) >= 11 is 1.20. The molecule has 2 atom stereocenters. The lowest BCUT2D eigenvalue weighted by Gasteiger charge is -2.31. The highest BCUT2D eigenvalue weighted by Gasteiger charge is 2.48. The van der Waals surface area contributed by atoms with Crippen molar-refractivity contribution in [1.29, 1.82) is 0 Å². The summed E-state index contributed by atoms with van der Waals surface area (Å²) in [5.74, 6) is -1.59. The summed E-state index contributed by atoms with van der Waals surface area (Å²) in [7, 11) is 0. The highest BCUT2D eigenvalue weighted by Crippen LogP contribution is 2.48. The van der Waals surface area contributed by atoms with Gasteiger partial charge in [-0.15, -0.1) is 11.3 Å². The lowest BCUT2D eigenvalue weighted by molar-refractivity contribution is -0.138. The molecule has 3 aliphatic heterocycles. The fraction of sp³-hybridized carbons (Fsp3) is 0.243. The van der Waals surface area contributed by atoms with Crippen LogP contribution in [0.2, 0.25) is 0 Å². The molecule has 2 fully saturated rings. The van der Waals surface area contributed by atoms with Crippen LogP contribution in [-0.2, 0) is 6.18 Å². The minimum absolute atomic E-state index is 0.0289. The van der Waals surface area contributed by atoms with Crippen molar-refractivity contribution in [2.45, 2.75) is 31.1 Å². The number of nitrogens with one attached hydrogen (secondary N) is 1. The molecule has 2 aromatic heterocycles. The summed E-state index contributed by atoms with van der Waals surface area (Å²) < 4.78 is 51.7. The molecule has 0 aliphatic carbocycles. The van der Waals surface area contributed by atoms with E-state index in [1.807, 2.05) is 0 Å². The van der Waals surface area contributed by atoms with Gasteiger partial charge in [0.15, 0.2) is 0 Å². The summed E-state index contributed by atoms with van der Waals surface area (Å²) in [5.41, 5.74) is 0.0632. The van der Waals surface area contributed by atoms with E-state index in [4.69, 9.17) is 4.74 Å². The molecule has 2 saturated heterocycles. The number of halogens is 3. The largest absolute Gasteiger partial charge is 0.457 e. The van der Waals surface area contributed by atoms with Crippen molar-refractivity contribution >= 4 is 40.4 Å². The molecule has 0 saturated carbocycles. The molecule has 5 aromatic rings. The SMILES string of the molecule is O=C(Nc1ccc(Oc2ccccc2)c(C(F)(F)F)c1N1CC[C@@H]2[C@H](N3C(=O)c4ccccc4C3=O)CCN2CC1)c1csc(-c2ccnnc2)n1. The van der Waals surface area contributed by atoms with E-state index in [2.05, 4.69) is 25.4 Å². The van der Waals surface area contributed by atoms with Gasteiger partial charge in [0.05, 0.1) is 40.9 Å². The standard InChI is InChI=1S/C37H30F3N7O4S/c38-37(39,40)31-30(51-23-6-2-1-3-7-23)11-10-26(43-33(48)27-21-52-34(44-27)22-12-15-41-42-20-22)32(31)46-17-13-28-29(14-16-45(28)18-19-46)47-35(49)24-8-4-5-9-25(24)36(47)50/h1-12,15,20-21,28-29H,13-14,16-19H2,(H,43,48)/t28-,29-/m1/s1. The molecule has 11 nitrogen and oxygen atoms in total. The third kappa shape index (κ3) is 6.15. The molecule has 3 aromatic carbocycles. The molecule has 52 heavy (non-hydrogen) atoms. The second-order valence-corrected chi connectivity index (χ2v) is 13.5. The number of rotatable bonds is 7. The number of alkyl halides is 3. The number of hydrogen-bond acceptors (Lipinski definition) is 10. The Morgan fingerprint density at radius 2 is 1.58 bits per heavy atom. The lowest BCUT2D eigenvalue weighted by Crippen LogP contribution is -2.47. The van der Waals surface area contributed by atoms with Crippen LogP contribution in [0, 0.1) is 0 Å². The van der Waals surface area contributed by atoms with Gasteiger partial charge in [-0.2, -0.15) is 23.4 Å². The van der Waals surface area contributed by atoms with E-state index in [-0.39, 0.29) is 53.8 Å². The van der Waals surface area contributed by atoms with Crippen LogP contribution in [0.3, 0.4) is 0 Å². The number of aromatic nitrogens is 3. The van der Waals surface area contributed by atoms with Gasteiger partial charge in [0.2, 0.25) is 0 Å². The second-order valence-electron chi connectivity index (χ2n) is 12.6. The summed E-state index contributed by atoms with van der Waals surface area (Å²) in [6, 6.07) is 18.5. The molecule has 3 amide bonds. The van der Waals surface area contributed by atoms with Crippen molar-refractivity contribution in [3.8, 4) is 22.1 Å². The van der Waals surface area contributed by atoms with Crippen LogP contribution < -0.4 is 15.0 Å². The van der Waals surface area contributed by atoms with Crippen molar-refractivity contribution < 1.29 is 32.3 Å². The van der Waals surface area contributed by atoms with Gasteiger partial charge in [-0.05, 0) is 55.3 Å². The minimum atomic E-state index is -4.88. The molecule has 1 N–H and O–H groups in total. The third-order valence-corrected chi connectivity index (χ3v) is 10.6. The van der Waals surface area contributed by atoms with Gasteiger partial charge in [0, 0.05) is 43.2 Å². The molecular weight excluding hydrogens is 696 g/mol. The highest BCUT2D eigenvalue weighted by molar-refractivity contribution is 7.13. The molecule has 0 unspecified atom stereocenters. The zero-order chi connectivity index (χ0) is 36.0. The predicted molar refractivity (Wildman–Crippen MR) is 187 cm³/mol. The summed E-state index contributed by atoms with van der Waals surface area (Å²) in [4.78, 5) is 49.9. The maximum atomic E-state index is 15.3. The Balaban J connectivity index is 1.13. The maximum Gasteiger partial charge on any atom is 0.422 e. The summed E-state index contributed by atoms with van der Waals surface area (Å²) in [6.07, 6.45) is -0.954. The van der Waals surface area contributed by atoms with Crippen molar-refractivity contribution in [2.24, 2.45) is 0 Å². The summed E-state index contributed by atoms with van der Waals surface area (Å²) in [6.45, 7) is 1.27. The highest BCUT2D eigenvalue weighted by atomic mass is 32.1. The van der Waals surface area contributed by atoms with E-state index < -0.39 is 29.4 Å². The van der Waals surface area contributed by atoms with E-state index >= 15 is 13.2 Å². The lowest BCUT2D eigenvalue weighted by atomic mass is 10.0. The predicted octanol–water partition coefficient (Wildman–Crippen LogP) is 6.61. The quantitative estimate of drug-likeness (QED) is 0.185. The fourth-order valence-corrected chi connectivity index (χ4v) is 8.12. The molecule has 0 spiro atoms. The fourth-order valence-electron chi connectivity index (χ4n) is 7.33. The Hall–Kier alpha value is -5.67. The topological polar surface area (TPSA) is 121 Å². The van der Waals surface area contributed by atoms with Crippen molar-refractivity contribution in [3.63, 3.8) is 0 Å². The number of benzene rings is 3. The first-order valence-electron chi connectivity index (χ1n) is 16.6. The van der Waals surface area contributed by atoms with Gasteiger partial charge in [-0.25, -0.2) is 4.98 Å². The van der Waals surface area contributed by atoms with E-state index in [0.717, 1.165) is 0 Å². The normalized spacial score (nSPS) is 19.0. The second kappa shape index (κ2) is 13.5. The third-order valence-electron chi connectivity index (χ3n) is 9.66. The number of hydrogen-bond donors (Lipinski definition) is 1. The van der Waals surface area contributed by atoms with E-state index in [0.29, 0.717) is 47.6 Å². The van der Waals surface area contributed by atoms with Crippen molar-refractivity contribution in [2.75, 3.05) is 36.4 Å². The number of anilines is 2. The number of carbonyl (C=O) groups excluding carboxylic acids is 3. The average Bonchev–Trinajstić information content (AvgIpc) is 3.82. The van der Waals surface area contributed by atoms with E-state index in [9.17, 15) is 14.4 Å². The Morgan fingerprint density at radius 1 is 0.846 bits per heavy atom. The van der Waals surface area contributed by atoms with Gasteiger partial charge < -0.3 is 15.0 Å². The molecule has 0 bridgehead atoms. The minimum Gasteiger partial charge on any atom is -0.457 e. The van der Waals surface area contributed by atoms with Crippen LogP contribution >= 0.6 is 11.3 Å². The van der Waals surface area contributed by atoms with Crippen LogP contribution in [0.1, 0.15) is 49.6 Å². The molecule has 15 heteroatoms. The number of thiazole rings is 1. The molecule has 0 radical (unpaired) electrons. The average molecular weight is 726 g/mol. The van der Waals surface area contributed by atoms with Crippen molar-refractivity contribution in [3.05, 3.63) is 113 Å². The first-order valence-corrected chi connectivity index (χ1v) is 17.5. The van der Waals surface area contributed by atoms with Gasteiger partial charge in [0.25, 0.3) is 17.7 Å². The van der Waals surface area contributed by atoms with Crippen LogP contribution in [0.4, 0.5) is 24.5 Å². The molecule has 264 valence electrons. The van der Waals surface area contributed by atoms with Crippen molar-refractivity contribution in [1.82, 2.24) is 25.0 Å². The molecule has 5 heterocycles. The number of amides is 3. The number of imide groups is 1. The summed E-state index contributed by atoms with van der Waals surface area (Å²) in [5, 5.41) is 12.3.